The monoisotopic (exact) mass is 826 g/mol. The fourth-order valence-corrected chi connectivity index (χ4v) is 5.01. The first-order chi connectivity index (χ1) is 28.4. The third kappa shape index (κ3) is 16.0. The Bertz CT molecular complexity index is 1700. The second-order valence-corrected chi connectivity index (χ2v) is 12.6. The molecule has 4 N–H and O–H groups in total. The van der Waals surface area contributed by atoms with Gasteiger partial charge in [0.1, 0.15) is 24.7 Å². The van der Waals surface area contributed by atoms with Gasteiger partial charge in [0.2, 0.25) is 11.8 Å². The summed E-state index contributed by atoms with van der Waals surface area (Å²) in [5.74, 6) is -2.69. The molecular weight excluding hydrogens is 784 g/mol. The highest BCUT2D eigenvalue weighted by Crippen LogP contribution is 2.17. The summed E-state index contributed by atoms with van der Waals surface area (Å²) in [5.41, 5.74) is 1.02. The number of ether oxygens (including phenoxy) is 4. The molecular formula is C37H42N6O16. The van der Waals surface area contributed by atoms with Crippen molar-refractivity contribution in [2.45, 2.75) is 71.0 Å². The van der Waals surface area contributed by atoms with Crippen LogP contribution in [0.15, 0.2) is 48.5 Å². The summed E-state index contributed by atoms with van der Waals surface area (Å²) >= 11 is 0. The van der Waals surface area contributed by atoms with Crippen LogP contribution >= 0.6 is 0 Å². The van der Waals surface area contributed by atoms with E-state index >= 15 is 0 Å². The van der Waals surface area contributed by atoms with Crippen molar-refractivity contribution >= 4 is 59.9 Å². The fourth-order valence-electron chi connectivity index (χ4n) is 5.01. The maximum Gasteiger partial charge on any atom is 0.534 e. The highest BCUT2D eigenvalue weighted by atomic mass is 16.8. The lowest BCUT2D eigenvalue weighted by Gasteiger charge is -2.12. The van der Waals surface area contributed by atoms with Gasteiger partial charge in [-0.05, 0) is 54.7 Å². The second kappa shape index (κ2) is 23.1. The van der Waals surface area contributed by atoms with Crippen LogP contribution in [0.3, 0.4) is 0 Å². The van der Waals surface area contributed by atoms with E-state index in [0.717, 1.165) is 6.42 Å². The predicted octanol–water partition coefficient (Wildman–Crippen LogP) is 2.18. The number of hydrogen-bond acceptors (Lipinski definition) is 16. The van der Waals surface area contributed by atoms with Crippen LogP contribution in [0.25, 0.3) is 0 Å². The largest absolute Gasteiger partial charge is 0.534 e. The molecule has 0 radical (unpaired) electrons. The molecule has 316 valence electrons. The Morgan fingerprint density at radius 1 is 0.475 bits per heavy atom. The van der Waals surface area contributed by atoms with Crippen LogP contribution in [0.2, 0.25) is 0 Å². The van der Waals surface area contributed by atoms with E-state index in [1.165, 1.54) is 48.5 Å². The Labute approximate surface area is 336 Å². The quantitative estimate of drug-likeness (QED) is 0.0846. The van der Waals surface area contributed by atoms with E-state index in [1.807, 2.05) is 0 Å². The molecule has 0 saturated carbocycles. The van der Waals surface area contributed by atoms with E-state index in [1.54, 1.807) is 0 Å². The number of carbonyl (C=O) groups is 10. The van der Waals surface area contributed by atoms with E-state index < -0.39 is 48.1 Å². The van der Waals surface area contributed by atoms with Gasteiger partial charge in [-0.3, -0.25) is 38.4 Å². The van der Waals surface area contributed by atoms with Crippen molar-refractivity contribution < 1.29 is 76.6 Å². The third-order valence-corrected chi connectivity index (χ3v) is 8.07. The van der Waals surface area contributed by atoms with Gasteiger partial charge in [0, 0.05) is 64.7 Å². The molecule has 0 aromatic heterocycles. The Morgan fingerprint density at radius 3 is 1.19 bits per heavy atom. The Hall–Kier alpha value is -7.26. The number of nitrogens with zero attached hydrogens (tertiary/aromatic N) is 2. The fraction of sp³-hybridized carbons (Fsp3) is 0.405. The lowest BCUT2D eigenvalue weighted by atomic mass is 10.2. The third-order valence-electron chi connectivity index (χ3n) is 8.07. The Balaban J connectivity index is 0.939. The van der Waals surface area contributed by atoms with Gasteiger partial charge in [0.15, 0.2) is 0 Å². The normalized spacial score (nSPS) is 13.4. The molecule has 0 bridgehead atoms. The van der Waals surface area contributed by atoms with Gasteiger partial charge in [-0.1, -0.05) is 34.4 Å². The van der Waals surface area contributed by atoms with Gasteiger partial charge in [-0.15, -0.1) is 0 Å². The lowest BCUT2D eigenvalue weighted by Crippen LogP contribution is -2.33. The number of hydrogen-bond donors (Lipinski definition) is 4. The lowest BCUT2D eigenvalue weighted by molar-refractivity contribution is -0.178. The van der Waals surface area contributed by atoms with Gasteiger partial charge in [-0.2, -0.15) is 0 Å². The van der Waals surface area contributed by atoms with Gasteiger partial charge < -0.3 is 40.2 Å². The van der Waals surface area contributed by atoms with E-state index in [2.05, 4.69) is 30.9 Å². The number of rotatable bonds is 20. The van der Waals surface area contributed by atoms with Crippen LogP contribution < -0.4 is 30.7 Å². The molecule has 2 aromatic carbocycles. The zero-order valence-corrected chi connectivity index (χ0v) is 31.7. The van der Waals surface area contributed by atoms with Crippen molar-refractivity contribution in [3.05, 3.63) is 59.7 Å². The minimum atomic E-state index is -1.22. The number of hydroxylamine groups is 4. The summed E-state index contributed by atoms with van der Waals surface area (Å²) in [4.78, 5) is 127. The Kier molecular flexibility index (Phi) is 17.4. The highest BCUT2D eigenvalue weighted by molar-refractivity contribution is 6.02. The SMILES string of the molecule is O=C(CCNC(=O)Oc1ccc(COC(=O)ON2C(=O)CCC2=O)cc1)NCCCCCNC(=O)CCNC(=O)Oc1ccc(COC(=O)ON2C(=O)CCC2=O)cc1. The van der Waals surface area contributed by atoms with Gasteiger partial charge in [0.05, 0.1) is 0 Å². The van der Waals surface area contributed by atoms with E-state index in [-0.39, 0.29) is 88.1 Å². The minimum absolute atomic E-state index is 0.0188. The van der Waals surface area contributed by atoms with Crippen molar-refractivity contribution in [1.29, 1.82) is 0 Å². The summed E-state index contributed by atoms with van der Waals surface area (Å²) in [7, 11) is 0. The second-order valence-electron chi connectivity index (χ2n) is 12.6. The molecule has 4 rings (SSSR count). The topological polar surface area (TPSA) is 281 Å². The summed E-state index contributed by atoms with van der Waals surface area (Å²) < 4.78 is 20.1. The number of unbranched alkanes of at least 4 members (excludes halogenated alkanes) is 2. The first-order valence-corrected chi connectivity index (χ1v) is 18.4. The number of nitrogens with one attached hydrogen (secondary N) is 4. The predicted molar refractivity (Wildman–Crippen MR) is 195 cm³/mol. The maximum atomic E-state index is 12.1. The molecule has 22 nitrogen and oxygen atoms in total. The van der Waals surface area contributed by atoms with E-state index in [9.17, 15) is 47.9 Å². The summed E-state index contributed by atoms with van der Waals surface area (Å²) in [6, 6.07) is 11.9. The molecule has 2 heterocycles. The maximum absolute atomic E-state index is 12.1. The summed E-state index contributed by atoms with van der Waals surface area (Å²) in [5, 5.41) is 11.2. The molecule has 2 saturated heterocycles. The van der Waals surface area contributed by atoms with Crippen molar-refractivity contribution in [2.75, 3.05) is 26.2 Å². The van der Waals surface area contributed by atoms with Gasteiger partial charge in [-0.25, -0.2) is 19.2 Å². The van der Waals surface area contributed by atoms with Crippen LogP contribution in [0.1, 0.15) is 68.9 Å². The number of amides is 8. The zero-order valence-electron chi connectivity index (χ0n) is 31.7. The molecule has 8 amide bonds. The van der Waals surface area contributed by atoms with Crippen LogP contribution in [-0.4, -0.2) is 96.2 Å². The van der Waals surface area contributed by atoms with Gasteiger partial charge in [0.25, 0.3) is 23.6 Å². The smallest absolute Gasteiger partial charge is 0.428 e. The zero-order chi connectivity index (χ0) is 42.6. The van der Waals surface area contributed by atoms with E-state index in [0.29, 0.717) is 47.2 Å². The minimum Gasteiger partial charge on any atom is -0.428 e. The van der Waals surface area contributed by atoms with E-state index in [4.69, 9.17) is 18.9 Å². The van der Waals surface area contributed by atoms with Crippen molar-refractivity contribution in [3.63, 3.8) is 0 Å². The Morgan fingerprint density at radius 2 is 0.831 bits per heavy atom. The number of imide groups is 2. The summed E-state index contributed by atoms with van der Waals surface area (Å²) in [6.07, 6.45) is -2.08. The van der Waals surface area contributed by atoms with Crippen molar-refractivity contribution in [2.24, 2.45) is 0 Å². The molecule has 22 heteroatoms. The standard InChI is InChI=1S/C37H42N6O16/c44-28(16-20-40-34(50)56-26-8-4-24(5-9-26)22-54-36(52)58-42-30(46)12-13-31(42)47)38-18-2-1-3-19-39-29(45)17-21-41-35(51)57-27-10-6-25(7-11-27)23-55-37(53)59-43-32(48)14-15-33(43)49/h4-11H,1-3,12-23H2,(H,38,44)(H,39,45)(H,40,50)(H,41,51). The molecule has 2 aliphatic heterocycles. The molecule has 0 spiro atoms. The van der Waals surface area contributed by atoms with Crippen LogP contribution in [-0.2, 0) is 61.1 Å². The molecule has 2 aliphatic rings. The molecule has 59 heavy (non-hydrogen) atoms. The number of carbonyl (C=O) groups excluding carboxylic acids is 10. The van der Waals surface area contributed by atoms with Crippen LogP contribution in [0.5, 0.6) is 11.5 Å². The molecule has 0 atom stereocenters. The van der Waals surface area contributed by atoms with Crippen LogP contribution in [0, 0.1) is 0 Å². The average molecular weight is 827 g/mol. The molecule has 0 unspecified atom stereocenters. The van der Waals surface area contributed by atoms with Crippen molar-refractivity contribution in [1.82, 2.24) is 31.4 Å². The van der Waals surface area contributed by atoms with Crippen LogP contribution in [0.4, 0.5) is 19.2 Å². The first kappa shape index (κ1) is 44.5. The molecule has 0 aliphatic carbocycles. The molecule has 2 aromatic rings. The highest BCUT2D eigenvalue weighted by Gasteiger charge is 2.34. The number of benzene rings is 2. The molecule has 2 fully saturated rings. The van der Waals surface area contributed by atoms with Crippen molar-refractivity contribution in [3.8, 4) is 11.5 Å². The summed E-state index contributed by atoms with van der Waals surface area (Å²) in [6.45, 7) is 0.415. The van der Waals surface area contributed by atoms with Gasteiger partial charge >= 0.3 is 24.5 Å². The first-order valence-electron chi connectivity index (χ1n) is 18.4. The average Bonchev–Trinajstić information content (AvgIpc) is 3.70.